The molecule has 94 valence electrons. The summed E-state index contributed by atoms with van der Waals surface area (Å²) in [6, 6.07) is 8.17. The Balaban J connectivity index is 1.88. The van der Waals surface area contributed by atoms with Gasteiger partial charge in [-0.2, -0.15) is 0 Å². The molecule has 0 fully saturated rings. The lowest BCUT2D eigenvalue weighted by Crippen LogP contribution is -2.13. The highest BCUT2D eigenvalue weighted by atomic mass is 32.1. The van der Waals surface area contributed by atoms with Crippen LogP contribution in [0.1, 0.15) is 26.6 Å². The molecule has 0 saturated carbocycles. The van der Waals surface area contributed by atoms with Crippen molar-refractivity contribution in [1.29, 1.82) is 0 Å². The van der Waals surface area contributed by atoms with E-state index in [4.69, 9.17) is 5.11 Å². The molecule has 0 aliphatic heterocycles. The van der Waals surface area contributed by atoms with Crippen LogP contribution in [0, 0.1) is 6.92 Å². The fourth-order valence-electron chi connectivity index (χ4n) is 1.62. The van der Waals surface area contributed by atoms with Crippen molar-refractivity contribution in [2.45, 2.75) is 20.0 Å². The summed E-state index contributed by atoms with van der Waals surface area (Å²) in [5, 5.41) is 13.9. The topological polar surface area (TPSA) is 62.2 Å². The van der Waals surface area contributed by atoms with Gasteiger partial charge in [-0.1, -0.05) is 24.3 Å². The standard InChI is InChI=1S/C13H14N2O2S/c1-9-4-2-3-5-10(9)6-14-7-11-8-18-12(15-11)13(16)17/h2-5,8,14H,6-7H2,1H3,(H,16,17). The van der Waals surface area contributed by atoms with Crippen molar-refractivity contribution in [2.24, 2.45) is 0 Å². The minimum absolute atomic E-state index is 0.141. The van der Waals surface area contributed by atoms with Crippen LogP contribution in [0.25, 0.3) is 0 Å². The number of benzene rings is 1. The molecule has 1 heterocycles. The van der Waals surface area contributed by atoms with Gasteiger partial charge in [-0.05, 0) is 18.1 Å². The van der Waals surface area contributed by atoms with E-state index in [0.29, 0.717) is 6.54 Å². The van der Waals surface area contributed by atoms with Crippen molar-refractivity contribution in [2.75, 3.05) is 0 Å². The molecule has 2 rings (SSSR count). The Morgan fingerprint density at radius 2 is 2.17 bits per heavy atom. The summed E-state index contributed by atoms with van der Waals surface area (Å²) in [5.41, 5.74) is 3.26. The van der Waals surface area contributed by atoms with Crippen molar-refractivity contribution < 1.29 is 9.90 Å². The van der Waals surface area contributed by atoms with Crippen molar-refractivity contribution in [3.8, 4) is 0 Å². The van der Waals surface area contributed by atoms with E-state index in [9.17, 15) is 4.79 Å². The highest BCUT2D eigenvalue weighted by Gasteiger charge is 2.08. The van der Waals surface area contributed by atoms with E-state index in [1.165, 1.54) is 11.1 Å². The SMILES string of the molecule is Cc1ccccc1CNCc1csc(C(=O)O)n1. The quantitative estimate of drug-likeness (QED) is 0.868. The molecule has 0 saturated heterocycles. The average molecular weight is 262 g/mol. The van der Waals surface area contributed by atoms with E-state index < -0.39 is 5.97 Å². The van der Waals surface area contributed by atoms with Crippen LogP contribution < -0.4 is 5.32 Å². The number of thiazole rings is 1. The number of aromatic carboxylic acids is 1. The summed E-state index contributed by atoms with van der Waals surface area (Å²) in [6.07, 6.45) is 0. The fourth-order valence-corrected chi connectivity index (χ4v) is 2.27. The van der Waals surface area contributed by atoms with Gasteiger partial charge in [0.2, 0.25) is 5.01 Å². The minimum atomic E-state index is -0.967. The Kier molecular flexibility index (Phi) is 4.07. The molecule has 0 spiro atoms. The first-order valence-electron chi connectivity index (χ1n) is 5.60. The zero-order valence-corrected chi connectivity index (χ0v) is 10.8. The molecule has 1 aromatic heterocycles. The summed E-state index contributed by atoms with van der Waals surface area (Å²) in [5.74, 6) is -0.967. The molecular formula is C13H14N2O2S. The Morgan fingerprint density at radius 1 is 1.39 bits per heavy atom. The lowest BCUT2D eigenvalue weighted by molar-refractivity contribution is 0.0696. The van der Waals surface area contributed by atoms with E-state index >= 15 is 0 Å². The maximum atomic E-state index is 10.7. The number of nitrogens with one attached hydrogen (secondary N) is 1. The van der Waals surface area contributed by atoms with Crippen LogP contribution in [0.4, 0.5) is 0 Å². The van der Waals surface area contributed by atoms with Gasteiger partial charge < -0.3 is 10.4 Å². The maximum Gasteiger partial charge on any atom is 0.365 e. The van der Waals surface area contributed by atoms with Crippen molar-refractivity contribution in [1.82, 2.24) is 10.3 Å². The van der Waals surface area contributed by atoms with E-state index in [1.807, 2.05) is 12.1 Å². The van der Waals surface area contributed by atoms with Gasteiger partial charge in [-0.3, -0.25) is 0 Å². The van der Waals surface area contributed by atoms with Gasteiger partial charge in [-0.25, -0.2) is 9.78 Å². The van der Waals surface area contributed by atoms with Crippen molar-refractivity contribution in [3.63, 3.8) is 0 Å². The largest absolute Gasteiger partial charge is 0.476 e. The number of nitrogens with zero attached hydrogens (tertiary/aromatic N) is 1. The van der Waals surface area contributed by atoms with Crippen LogP contribution in [0.3, 0.4) is 0 Å². The number of carboxylic acids is 1. The van der Waals surface area contributed by atoms with Gasteiger partial charge in [-0.15, -0.1) is 11.3 Å². The molecule has 2 aromatic rings. The molecule has 2 N–H and O–H groups in total. The van der Waals surface area contributed by atoms with E-state index in [2.05, 4.69) is 29.4 Å². The number of rotatable bonds is 5. The van der Waals surface area contributed by atoms with Crippen LogP contribution >= 0.6 is 11.3 Å². The molecule has 18 heavy (non-hydrogen) atoms. The zero-order valence-electron chi connectivity index (χ0n) is 10.0. The predicted molar refractivity (Wildman–Crippen MR) is 70.8 cm³/mol. The molecule has 1 aromatic carbocycles. The third-order valence-electron chi connectivity index (χ3n) is 2.62. The summed E-state index contributed by atoms with van der Waals surface area (Å²) in [7, 11) is 0. The van der Waals surface area contributed by atoms with E-state index in [0.717, 1.165) is 23.6 Å². The van der Waals surface area contributed by atoms with E-state index in [1.54, 1.807) is 5.38 Å². The predicted octanol–water partition coefficient (Wildman–Crippen LogP) is 2.44. The van der Waals surface area contributed by atoms with Gasteiger partial charge in [0.05, 0.1) is 5.69 Å². The first-order chi connectivity index (χ1) is 8.66. The number of hydrogen-bond donors (Lipinski definition) is 2. The summed E-state index contributed by atoms with van der Waals surface area (Å²) in [6.45, 7) is 3.41. The van der Waals surface area contributed by atoms with Gasteiger partial charge in [0.15, 0.2) is 0 Å². The van der Waals surface area contributed by atoms with Gasteiger partial charge in [0.25, 0.3) is 0 Å². The third kappa shape index (κ3) is 3.15. The number of carbonyl (C=O) groups is 1. The number of aromatic nitrogens is 1. The molecule has 0 radical (unpaired) electrons. The van der Waals surface area contributed by atoms with Crippen molar-refractivity contribution in [3.05, 3.63) is 51.5 Å². The number of carboxylic acid groups (broad SMARTS) is 1. The second-order valence-corrected chi connectivity index (χ2v) is 4.84. The minimum Gasteiger partial charge on any atom is -0.476 e. The highest BCUT2D eigenvalue weighted by Crippen LogP contribution is 2.10. The molecule has 0 amide bonds. The maximum absolute atomic E-state index is 10.7. The first-order valence-corrected chi connectivity index (χ1v) is 6.47. The molecule has 0 aliphatic carbocycles. The molecule has 0 unspecified atom stereocenters. The smallest absolute Gasteiger partial charge is 0.365 e. The fraction of sp³-hybridized carbons (Fsp3) is 0.231. The zero-order chi connectivity index (χ0) is 13.0. The molecule has 0 bridgehead atoms. The second kappa shape index (κ2) is 5.75. The van der Waals surface area contributed by atoms with Crippen LogP contribution in [-0.2, 0) is 13.1 Å². The van der Waals surface area contributed by atoms with Crippen LogP contribution in [0.5, 0.6) is 0 Å². The lowest BCUT2D eigenvalue weighted by Gasteiger charge is -2.06. The summed E-state index contributed by atoms with van der Waals surface area (Å²) >= 11 is 1.16. The monoisotopic (exact) mass is 262 g/mol. The van der Waals surface area contributed by atoms with Gasteiger partial charge >= 0.3 is 5.97 Å². The Morgan fingerprint density at radius 3 is 2.83 bits per heavy atom. The van der Waals surface area contributed by atoms with Crippen LogP contribution in [0.2, 0.25) is 0 Å². The molecule has 0 atom stereocenters. The van der Waals surface area contributed by atoms with Crippen LogP contribution in [0.15, 0.2) is 29.6 Å². The van der Waals surface area contributed by atoms with Gasteiger partial charge in [0, 0.05) is 18.5 Å². The molecule has 4 nitrogen and oxygen atoms in total. The summed E-state index contributed by atoms with van der Waals surface area (Å²) < 4.78 is 0. The average Bonchev–Trinajstić information content (AvgIpc) is 2.80. The first kappa shape index (κ1) is 12.7. The molecule has 5 heteroatoms. The van der Waals surface area contributed by atoms with E-state index in [-0.39, 0.29) is 5.01 Å². The molecular weight excluding hydrogens is 248 g/mol. The lowest BCUT2D eigenvalue weighted by atomic mass is 10.1. The normalized spacial score (nSPS) is 10.5. The number of hydrogen-bond acceptors (Lipinski definition) is 4. The molecule has 0 aliphatic rings. The summed E-state index contributed by atoms with van der Waals surface area (Å²) in [4.78, 5) is 14.7. The van der Waals surface area contributed by atoms with Gasteiger partial charge in [0.1, 0.15) is 0 Å². The Bertz CT molecular complexity index is 551. The Labute approximate surface area is 109 Å². The number of aryl methyl sites for hydroxylation is 1. The van der Waals surface area contributed by atoms with Crippen molar-refractivity contribution >= 4 is 17.3 Å². The highest BCUT2D eigenvalue weighted by molar-refractivity contribution is 7.11. The second-order valence-electron chi connectivity index (χ2n) is 3.98. The third-order valence-corrected chi connectivity index (χ3v) is 3.50. The van der Waals surface area contributed by atoms with Crippen LogP contribution in [-0.4, -0.2) is 16.1 Å². The Hall–Kier alpha value is -1.72.